The number of para-hydroxylation sites is 1. The van der Waals surface area contributed by atoms with Crippen LogP contribution in [0.4, 0.5) is 0 Å². The Morgan fingerprint density at radius 2 is 2.14 bits per heavy atom. The second-order valence-electron chi connectivity index (χ2n) is 5.49. The molecule has 1 aliphatic heterocycles. The fraction of sp³-hybridized carbons (Fsp3) is 0.400. The van der Waals surface area contributed by atoms with Crippen molar-refractivity contribution in [2.24, 2.45) is 7.05 Å². The van der Waals surface area contributed by atoms with Crippen LogP contribution in [0.5, 0.6) is 5.75 Å². The van der Waals surface area contributed by atoms with E-state index in [9.17, 15) is 5.11 Å². The van der Waals surface area contributed by atoms with Gasteiger partial charge >= 0.3 is 0 Å². The number of nitrogens with zero attached hydrogens (tertiary/aromatic N) is 2. The maximum atomic E-state index is 10.5. The van der Waals surface area contributed by atoms with Crippen LogP contribution in [-0.4, -0.2) is 20.4 Å². The predicted octanol–water partition coefficient (Wildman–Crippen LogP) is 2.57. The molecule has 3 rings (SSSR count). The summed E-state index contributed by atoms with van der Waals surface area (Å²) in [6.45, 7) is 4.20. The molecular weight excluding hydrogens is 292 g/mol. The molecule has 2 aromatic rings. The Balaban J connectivity index is 0.00000161. The van der Waals surface area contributed by atoms with Gasteiger partial charge in [-0.15, -0.1) is 12.4 Å². The van der Waals surface area contributed by atoms with Gasteiger partial charge in [0, 0.05) is 38.2 Å². The number of benzene rings is 1. The second kappa shape index (κ2) is 5.67. The molecule has 0 saturated heterocycles. The third-order valence-corrected chi connectivity index (χ3v) is 3.35. The lowest BCUT2D eigenvalue weighted by Crippen LogP contribution is -2.36. The summed E-state index contributed by atoms with van der Waals surface area (Å²) in [6, 6.07) is 5.70. The number of fused-ring (bicyclic) bond motifs is 1. The van der Waals surface area contributed by atoms with Crippen LogP contribution in [0.2, 0.25) is 0 Å². The molecule has 1 aromatic carbocycles. The van der Waals surface area contributed by atoms with Crippen LogP contribution in [0.15, 0.2) is 30.7 Å². The first-order valence-corrected chi connectivity index (χ1v) is 6.57. The van der Waals surface area contributed by atoms with Gasteiger partial charge in [0.15, 0.2) is 0 Å². The number of hydrogen-bond acceptors (Lipinski definition) is 4. The number of aryl methyl sites for hydroxylation is 1. The highest BCUT2D eigenvalue weighted by atomic mass is 35.5. The van der Waals surface area contributed by atoms with Gasteiger partial charge in [-0.1, -0.05) is 18.2 Å². The fourth-order valence-corrected chi connectivity index (χ4v) is 2.32. The molecule has 0 aliphatic carbocycles. The van der Waals surface area contributed by atoms with Gasteiger partial charge in [-0.25, -0.2) is 4.98 Å². The van der Waals surface area contributed by atoms with Crippen LogP contribution in [-0.2, 0) is 18.4 Å². The maximum Gasteiger partial charge on any atom is 0.205 e. The van der Waals surface area contributed by atoms with Gasteiger partial charge in [-0.2, -0.15) is 0 Å². The molecule has 21 heavy (non-hydrogen) atoms. The monoisotopic (exact) mass is 310 g/mol. The van der Waals surface area contributed by atoms with Crippen LogP contribution >= 0.6 is 12.4 Å². The molecule has 1 aliphatic rings. The summed E-state index contributed by atoms with van der Waals surface area (Å²) in [5.41, 5.74) is 2.27. The smallest absolute Gasteiger partial charge is 0.205 e. The summed E-state index contributed by atoms with van der Waals surface area (Å²) >= 11 is 0. The lowest BCUT2D eigenvalue weighted by Gasteiger charge is -2.34. The molecule has 0 spiro atoms. The number of hydrogen-bond donors (Lipinski definition) is 1. The zero-order valence-corrected chi connectivity index (χ0v) is 13.1. The first-order valence-electron chi connectivity index (χ1n) is 6.57. The average Bonchev–Trinajstić information content (AvgIpc) is 2.83. The fourth-order valence-electron chi connectivity index (χ4n) is 2.32. The third kappa shape index (κ3) is 3.05. The van der Waals surface area contributed by atoms with Gasteiger partial charge in [0.25, 0.3) is 0 Å². The van der Waals surface area contributed by atoms with E-state index in [2.05, 4.69) is 4.98 Å². The highest BCUT2D eigenvalue weighted by Gasteiger charge is 2.31. The number of aliphatic hydroxyl groups excluding tert-OH is 1. The Morgan fingerprint density at radius 1 is 1.38 bits per heavy atom. The zero-order valence-electron chi connectivity index (χ0n) is 12.2. The lowest BCUT2D eigenvalue weighted by molar-refractivity contribution is -0.180. The second-order valence-corrected chi connectivity index (χ2v) is 5.49. The molecule has 1 atom stereocenters. The van der Waals surface area contributed by atoms with E-state index in [1.165, 1.54) is 0 Å². The van der Waals surface area contributed by atoms with Crippen LogP contribution < -0.4 is 4.74 Å². The van der Waals surface area contributed by atoms with Gasteiger partial charge in [-0.05, 0) is 0 Å². The molecule has 0 amide bonds. The van der Waals surface area contributed by atoms with Gasteiger partial charge in [-0.3, -0.25) is 0 Å². The molecule has 0 bridgehead atoms. The number of halogens is 1. The summed E-state index contributed by atoms with van der Waals surface area (Å²) in [4.78, 5) is 4.20. The van der Waals surface area contributed by atoms with Gasteiger partial charge in [0.05, 0.1) is 18.6 Å². The minimum Gasteiger partial charge on any atom is -0.462 e. The molecule has 5 nitrogen and oxygen atoms in total. The van der Waals surface area contributed by atoms with Crippen molar-refractivity contribution in [2.75, 3.05) is 0 Å². The normalized spacial score (nSPS) is 17.3. The summed E-state index contributed by atoms with van der Waals surface area (Å²) in [7, 11) is 1.87. The van der Waals surface area contributed by atoms with Crippen molar-refractivity contribution in [3.63, 3.8) is 0 Å². The van der Waals surface area contributed by atoms with E-state index in [1.54, 1.807) is 12.5 Å². The summed E-state index contributed by atoms with van der Waals surface area (Å²) in [6.07, 6.45) is 2.66. The molecule has 2 heterocycles. The van der Waals surface area contributed by atoms with E-state index in [-0.39, 0.29) is 12.4 Å². The zero-order chi connectivity index (χ0) is 14.3. The first kappa shape index (κ1) is 15.8. The Morgan fingerprint density at radius 3 is 2.81 bits per heavy atom. The van der Waals surface area contributed by atoms with Crippen molar-refractivity contribution in [3.05, 3.63) is 47.5 Å². The van der Waals surface area contributed by atoms with E-state index in [4.69, 9.17) is 9.47 Å². The van der Waals surface area contributed by atoms with Crippen LogP contribution in [0.1, 0.15) is 36.8 Å². The van der Waals surface area contributed by atoms with E-state index < -0.39 is 11.9 Å². The van der Waals surface area contributed by atoms with Crippen molar-refractivity contribution < 1.29 is 14.6 Å². The number of rotatable bonds is 2. The van der Waals surface area contributed by atoms with E-state index in [0.29, 0.717) is 18.1 Å². The molecule has 114 valence electrons. The SMILES string of the molecule is Cl.Cn1cnc(C(O)c2cccc3c2OC(C)(C)OC3)c1. The number of aliphatic hydroxyl groups is 1. The molecule has 0 saturated carbocycles. The Bertz CT molecular complexity index is 640. The Hall–Kier alpha value is -1.56. The van der Waals surface area contributed by atoms with E-state index >= 15 is 0 Å². The number of aromatic nitrogens is 2. The quantitative estimate of drug-likeness (QED) is 0.926. The third-order valence-electron chi connectivity index (χ3n) is 3.35. The van der Waals surface area contributed by atoms with Crippen molar-refractivity contribution in [1.29, 1.82) is 0 Å². The topological polar surface area (TPSA) is 56.5 Å². The highest BCUT2D eigenvalue weighted by molar-refractivity contribution is 5.85. The summed E-state index contributed by atoms with van der Waals surface area (Å²) < 4.78 is 13.3. The largest absolute Gasteiger partial charge is 0.462 e. The van der Waals surface area contributed by atoms with E-state index in [1.807, 2.05) is 43.7 Å². The van der Waals surface area contributed by atoms with Crippen LogP contribution in [0, 0.1) is 0 Å². The minimum atomic E-state index is -0.806. The van der Waals surface area contributed by atoms with Crippen molar-refractivity contribution in [3.8, 4) is 5.75 Å². The first-order chi connectivity index (χ1) is 9.46. The predicted molar refractivity (Wildman–Crippen MR) is 80.5 cm³/mol. The molecule has 0 fully saturated rings. The number of imidazole rings is 1. The Labute approximate surface area is 129 Å². The van der Waals surface area contributed by atoms with Crippen LogP contribution in [0.3, 0.4) is 0 Å². The number of ether oxygens (including phenoxy) is 2. The van der Waals surface area contributed by atoms with Crippen LogP contribution in [0.25, 0.3) is 0 Å². The highest BCUT2D eigenvalue weighted by Crippen LogP contribution is 2.38. The van der Waals surface area contributed by atoms with Crippen molar-refractivity contribution >= 4 is 12.4 Å². The molecular formula is C15H19ClN2O3. The standard InChI is InChI=1S/C15H18N2O3.ClH/c1-15(2)19-8-10-5-4-6-11(14(10)20-15)13(18)12-7-17(3)9-16-12;/h4-7,9,13,18H,8H2,1-3H3;1H. The molecule has 0 radical (unpaired) electrons. The molecule has 1 aromatic heterocycles. The summed E-state index contributed by atoms with van der Waals surface area (Å²) in [5, 5.41) is 10.5. The average molecular weight is 311 g/mol. The van der Waals surface area contributed by atoms with Crippen molar-refractivity contribution in [1.82, 2.24) is 9.55 Å². The molecule has 6 heteroatoms. The van der Waals surface area contributed by atoms with Crippen molar-refractivity contribution in [2.45, 2.75) is 32.3 Å². The molecule has 1 unspecified atom stereocenters. The van der Waals surface area contributed by atoms with Gasteiger partial charge in [0.2, 0.25) is 5.79 Å². The maximum absolute atomic E-state index is 10.5. The lowest BCUT2D eigenvalue weighted by atomic mass is 10.0. The minimum absolute atomic E-state index is 0. The van der Waals surface area contributed by atoms with Gasteiger partial charge < -0.3 is 19.1 Å². The molecule has 1 N–H and O–H groups in total. The summed E-state index contributed by atoms with van der Waals surface area (Å²) in [5.74, 6) is 0.00865. The Kier molecular flexibility index (Phi) is 4.27. The van der Waals surface area contributed by atoms with E-state index in [0.717, 1.165) is 11.1 Å². The van der Waals surface area contributed by atoms with Gasteiger partial charge in [0.1, 0.15) is 11.9 Å².